The second-order valence-electron chi connectivity index (χ2n) is 6.12. The summed E-state index contributed by atoms with van der Waals surface area (Å²) in [4.78, 5) is 13.1. The maximum Gasteiger partial charge on any atom is 0.435 e. The van der Waals surface area contributed by atoms with Crippen molar-refractivity contribution in [3.63, 3.8) is 0 Å². The first kappa shape index (κ1) is 17.5. The van der Waals surface area contributed by atoms with Crippen LogP contribution in [0.4, 0.5) is 13.2 Å². The van der Waals surface area contributed by atoms with Crippen LogP contribution in [0, 0.1) is 6.92 Å². The van der Waals surface area contributed by atoms with E-state index in [1.807, 2.05) is 0 Å². The molecule has 0 bridgehead atoms. The van der Waals surface area contributed by atoms with Crippen molar-refractivity contribution >= 4 is 17.3 Å². The lowest BCUT2D eigenvalue weighted by atomic mass is 10.1. The first-order chi connectivity index (χ1) is 10.4. The number of carbonyl (C=O) groups is 1. The number of hydrogen-bond donors (Lipinski definition) is 0. The molecule has 2 heterocycles. The molecule has 0 amide bonds. The summed E-state index contributed by atoms with van der Waals surface area (Å²) in [5, 5.41) is 5.13. The van der Waals surface area contributed by atoms with Crippen molar-refractivity contribution in [3.05, 3.63) is 27.6 Å². The number of halogens is 3. The summed E-state index contributed by atoms with van der Waals surface area (Å²) in [6, 6.07) is 0.940. The molecule has 0 atom stereocenters. The molecular weight excluding hydrogens is 329 g/mol. The van der Waals surface area contributed by atoms with Gasteiger partial charge in [0, 0.05) is 22.9 Å². The maximum absolute atomic E-state index is 12.8. The topological polar surface area (TPSA) is 44.1 Å². The molecule has 2 rings (SSSR count). The summed E-state index contributed by atoms with van der Waals surface area (Å²) in [5.41, 5.74) is -0.780. The van der Waals surface area contributed by atoms with Crippen LogP contribution in [0.3, 0.4) is 0 Å². The molecule has 8 heteroatoms. The van der Waals surface area contributed by atoms with Gasteiger partial charge in [0.2, 0.25) is 0 Å². The number of nitrogens with zero attached hydrogens (tertiary/aromatic N) is 2. The fourth-order valence-corrected chi connectivity index (χ4v) is 2.93. The van der Waals surface area contributed by atoms with Crippen LogP contribution in [0.5, 0.6) is 0 Å². The Hall–Kier alpha value is -1.83. The van der Waals surface area contributed by atoms with E-state index in [0.717, 1.165) is 10.7 Å². The fourth-order valence-electron chi connectivity index (χ4n) is 2.08. The monoisotopic (exact) mass is 346 g/mol. The van der Waals surface area contributed by atoms with E-state index in [0.29, 0.717) is 10.4 Å². The van der Waals surface area contributed by atoms with E-state index in [9.17, 15) is 18.0 Å². The van der Waals surface area contributed by atoms with Gasteiger partial charge >= 0.3 is 12.1 Å². The van der Waals surface area contributed by atoms with Crippen LogP contribution in [0.1, 0.15) is 41.7 Å². The Bertz CT molecular complexity index is 739. The summed E-state index contributed by atoms with van der Waals surface area (Å²) < 4.78 is 44.9. The minimum absolute atomic E-state index is 0.225. The Morgan fingerprint density at radius 3 is 2.39 bits per heavy atom. The number of alkyl halides is 3. The third kappa shape index (κ3) is 3.74. The predicted molar refractivity (Wildman–Crippen MR) is 81.4 cm³/mol. The zero-order valence-corrected chi connectivity index (χ0v) is 14.2. The smallest absolute Gasteiger partial charge is 0.435 e. The van der Waals surface area contributed by atoms with Gasteiger partial charge in [-0.2, -0.15) is 18.3 Å². The number of aryl methyl sites for hydroxylation is 2. The lowest BCUT2D eigenvalue weighted by Crippen LogP contribution is -2.24. The Morgan fingerprint density at radius 2 is 1.91 bits per heavy atom. The van der Waals surface area contributed by atoms with Crippen molar-refractivity contribution in [1.82, 2.24) is 9.78 Å². The van der Waals surface area contributed by atoms with Gasteiger partial charge < -0.3 is 4.74 Å². The molecule has 0 fully saturated rings. The lowest BCUT2D eigenvalue weighted by Gasteiger charge is -2.20. The SMILES string of the molecule is Cc1scc(-c2cc(C(F)(F)F)nn2C)c1C(=O)OC(C)(C)C. The van der Waals surface area contributed by atoms with Gasteiger partial charge in [-0.25, -0.2) is 4.79 Å². The van der Waals surface area contributed by atoms with Crippen LogP contribution in [0.2, 0.25) is 0 Å². The molecular formula is C15H17F3N2O2S. The minimum Gasteiger partial charge on any atom is -0.456 e. The minimum atomic E-state index is -4.53. The first-order valence-corrected chi connectivity index (χ1v) is 7.71. The predicted octanol–water partition coefficient (Wildman–Crippen LogP) is 4.43. The highest BCUT2D eigenvalue weighted by molar-refractivity contribution is 7.10. The molecule has 2 aromatic rings. The highest BCUT2D eigenvalue weighted by Gasteiger charge is 2.35. The van der Waals surface area contributed by atoms with Crippen molar-refractivity contribution in [2.24, 2.45) is 7.05 Å². The van der Waals surface area contributed by atoms with E-state index in [4.69, 9.17) is 4.74 Å². The fraction of sp³-hybridized carbons (Fsp3) is 0.467. The Labute approximate surface area is 135 Å². The zero-order valence-electron chi connectivity index (χ0n) is 13.4. The normalized spacial score (nSPS) is 12.5. The molecule has 0 aliphatic carbocycles. The molecule has 4 nitrogen and oxygen atoms in total. The summed E-state index contributed by atoms with van der Waals surface area (Å²) >= 11 is 1.28. The van der Waals surface area contributed by atoms with Crippen molar-refractivity contribution in [2.45, 2.75) is 39.5 Å². The van der Waals surface area contributed by atoms with Gasteiger partial charge in [-0.3, -0.25) is 4.68 Å². The summed E-state index contributed by atoms with van der Waals surface area (Å²) in [6.45, 7) is 6.93. The Balaban J connectivity index is 2.51. The van der Waals surface area contributed by atoms with E-state index in [-0.39, 0.29) is 11.3 Å². The number of aromatic nitrogens is 2. The third-order valence-corrected chi connectivity index (χ3v) is 3.94. The zero-order chi connectivity index (χ0) is 17.6. The molecule has 0 N–H and O–H groups in total. The van der Waals surface area contributed by atoms with Gasteiger partial charge in [-0.1, -0.05) is 0 Å². The average molecular weight is 346 g/mol. The largest absolute Gasteiger partial charge is 0.456 e. The number of ether oxygens (including phenoxy) is 1. The number of hydrogen-bond acceptors (Lipinski definition) is 4. The second kappa shape index (κ2) is 5.67. The van der Waals surface area contributed by atoms with E-state index in [1.54, 1.807) is 33.1 Å². The molecule has 0 aromatic carbocycles. The van der Waals surface area contributed by atoms with E-state index in [2.05, 4.69) is 5.10 Å². The van der Waals surface area contributed by atoms with Crippen LogP contribution < -0.4 is 0 Å². The number of thiophene rings is 1. The van der Waals surface area contributed by atoms with Gasteiger partial charge in [0.25, 0.3) is 0 Å². The van der Waals surface area contributed by atoms with Gasteiger partial charge in [0.15, 0.2) is 5.69 Å². The number of carbonyl (C=O) groups excluding carboxylic acids is 1. The standard InChI is InChI=1S/C15H17F3N2O2S/c1-8-12(13(21)22-14(2,3)4)9(7-23-8)10-6-11(15(16,17)18)19-20(10)5/h6-7H,1-5H3. The summed E-state index contributed by atoms with van der Waals surface area (Å²) in [7, 11) is 1.41. The van der Waals surface area contributed by atoms with E-state index in [1.165, 1.54) is 18.4 Å². The summed E-state index contributed by atoms with van der Waals surface area (Å²) in [5.74, 6) is -0.555. The third-order valence-electron chi connectivity index (χ3n) is 3.02. The van der Waals surface area contributed by atoms with Crippen LogP contribution >= 0.6 is 11.3 Å². The maximum atomic E-state index is 12.8. The quantitative estimate of drug-likeness (QED) is 0.756. The van der Waals surface area contributed by atoms with E-state index >= 15 is 0 Å². The van der Waals surface area contributed by atoms with Crippen LogP contribution in [0.15, 0.2) is 11.4 Å². The average Bonchev–Trinajstić information content (AvgIpc) is 2.89. The number of esters is 1. The molecule has 0 radical (unpaired) electrons. The van der Waals surface area contributed by atoms with Crippen molar-refractivity contribution in [2.75, 3.05) is 0 Å². The summed E-state index contributed by atoms with van der Waals surface area (Å²) in [6.07, 6.45) is -4.53. The molecule has 0 saturated carbocycles. The molecule has 0 unspecified atom stereocenters. The van der Waals surface area contributed by atoms with Crippen LogP contribution in [-0.2, 0) is 18.0 Å². The van der Waals surface area contributed by atoms with Gasteiger partial charge in [0.05, 0.1) is 11.3 Å². The van der Waals surface area contributed by atoms with Crippen molar-refractivity contribution in [3.8, 4) is 11.3 Å². The molecule has 0 aliphatic heterocycles. The highest BCUT2D eigenvalue weighted by atomic mass is 32.1. The molecule has 0 saturated heterocycles. The van der Waals surface area contributed by atoms with Crippen molar-refractivity contribution in [1.29, 1.82) is 0 Å². The molecule has 126 valence electrons. The lowest BCUT2D eigenvalue weighted by molar-refractivity contribution is -0.141. The van der Waals surface area contributed by atoms with Gasteiger partial charge in [-0.15, -0.1) is 11.3 Å². The Morgan fingerprint density at radius 1 is 1.30 bits per heavy atom. The van der Waals surface area contributed by atoms with Gasteiger partial charge in [-0.05, 0) is 33.8 Å². The number of rotatable bonds is 2. The van der Waals surface area contributed by atoms with Crippen LogP contribution in [-0.4, -0.2) is 21.4 Å². The van der Waals surface area contributed by atoms with Crippen molar-refractivity contribution < 1.29 is 22.7 Å². The van der Waals surface area contributed by atoms with Gasteiger partial charge in [0.1, 0.15) is 5.60 Å². The van der Waals surface area contributed by atoms with Crippen LogP contribution in [0.25, 0.3) is 11.3 Å². The highest BCUT2D eigenvalue weighted by Crippen LogP contribution is 2.36. The molecule has 2 aromatic heterocycles. The Kier molecular flexibility index (Phi) is 4.32. The second-order valence-corrected chi connectivity index (χ2v) is 7.20. The first-order valence-electron chi connectivity index (χ1n) is 6.83. The van der Waals surface area contributed by atoms with E-state index < -0.39 is 23.4 Å². The molecule has 0 aliphatic rings. The molecule has 0 spiro atoms. The molecule has 23 heavy (non-hydrogen) atoms.